The summed E-state index contributed by atoms with van der Waals surface area (Å²) in [6.45, 7) is 7.62. The maximum atomic E-state index is 13.7. The van der Waals surface area contributed by atoms with Gasteiger partial charge in [0.25, 0.3) is 0 Å². The van der Waals surface area contributed by atoms with Gasteiger partial charge in [-0.1, -0.05) is 12.1 Å². The average Bonchev–Trinajstić information content (AvgIpc) is 3.45. The number of hydrogen-bond donors (Lipinski definition) is 2. The number of hydrogen-bond acceptors (Lipinski definition) is 3. The molecule has 1 aromatic rings. The minimum absolute atomic E-state index is 0.0657. The van der Waals surface area contributed by atoms with E-state index in [-0.39, 0.29) is 11.9 Å². The third-order valence-corrected chi connectivity index (χ3v) is 4.74. The van der Waals surface area contributed by atoms with Crippen LogP contribution in [0.5, 0.6) is 0 Å². The number of aliphatic imine (C=N–C) groups is 1. The predicted molar refractivity (Wildman–Crippen MR) is 98.2 cm³/mol. The summed E-state index contributed by atoms with van der Waals surface area (Å²) in [6.07, 6.45) is 2.62. The highest BCUT2D eigenvalue weighted by Gasteiger charge is 2.24. The van der Waals surface area contributed by atoms with Crippen molar-refractivity contribution in [2.24, 2.45) is 10.9 Å². The molecule has 0 radical (unpaired) electrons. The van der Waals surface area contributed by atoms with E-state index in [0.717, 1.165) is 56.8 Å². The average molecular weight is 348 g/mol. The zero-order valence-corrected chi connectivity index (χ0v) is 15.0. The number of nitrogens with one attached hydrogen (secondary N) is 2. The predicted octanol–water partition coefficient (Wildman–Crippen LogP) is 2.16. The molecule has 1 saturated heterocycles. The maximum Gasteiger partial charge on any atom is 0.191 e. The highest BCUT2D eigenvalue weighted by molar-refractivity contribution is 5.79. The van der Waals surface area contributed by atoms with Gasteiger partial charge < -0.3 is 15.4 Å². The van der Waals surface area contributed by atoms with Crippen LogP contribution in [0, 0.1) is 11.7 Å². The number of benzene rings is 1. The van der Waals surface area contributed by atoms with Crippen molar-refractivity contribution in [2.45, 2.75) is 25.8 Å². The second-order valence-corrected chi connectivity index (χ2v) is 6.76. The zero-order chi connectivity index (χ0) is 17.5. The van der Waals surface area contributed by atoms with Gasteiger partial charge in [-0.3, -0.25) is 9.89 Å². The molecule has 0 amide bonds. The van der Waals surface area contributed by atoms with Gasteiger partial charge in [-0.15, -0.1) is 0 Å². The Balaban J connectivity index is 1.71. The summed E-state index contributed by atoms with van der Waals surface area (Å²) >= 11 is 0. The molecule has 2 fully saturated rings. The molecule has 5 nitrogen and oxygen atoms in total. The van der Waals surface area contributed by atoms with Gasteiger partial charge in [0.1, 0.15) is 5.82 Å². The third kappa shape index (κ3) is 5.68. The molecular formula is C19H29FN4O. The number of morpholine rings is 1. The summed E-state index contributed by atoms with van der Waals surface area (Å²) < 4.78 is 19.2. The molecule has 1 aliphatic carbocycles. The zero-order valence-electron chi connectivity index (χ0n) is 15.0. The van der Waals surface area contributed by atoms with Crippen LogP contribution in [0.25, 0.3) is 0 Å². The van der Waals surface area contributed by atoms with Crippen molar-refractivity contribution in [2.75, 3.05) is 45.9 Å². The second kappa shape index (κ2) is 9.15. The Bertz CT molecular complexity index is 570. The monoisotopic (exact) mass is 348 g/mol. The molecule has 2 N–H and O–H groups in total. The lowest BCUT2D eigenvalue weighted by Crippen LogP contribution is -2.42. The first-order valence-electron chi connectivity index (χ1n) is 9.35. The lowest BCUT2D eigenvalue weighted by Gasteiger charge is -2.34. The molecule has 1 aromatic carbocycles. The first-order valence-corrected chi connectivity index (χ1v) is 9.35. The quantitative estimate of drug-likeness (QED) is 0.586. The van der Waals surface area contributed by atoms with E-state index in [0.29, 0.717) is 6.54 Å². The van der Waals surface area contributed by atoms with Crippen LogP contribution in [0.3, 0.4) is 0 Å². The standard InChI is InChI=1S/C19H29FN4O/c1-2-21-19(22-13-15-6-7-15)23-14-18(24-8-10-25-11-9-24)16-4-3-5-17(20)12-16/h3-5,12,15,18H,2,6-11,13-14H2,1H3,(H2,21,22,23). The van der Waals surface area contributed by atoms with Crippen LogP contribution >= 0.6 is 0 Å². The van der Waals surface area contributed by atoms with Gasteiger partial charge in [0, 0.05) is 26.2 Å². The lowest BCUT2D eigenvalue weighted by atomic mass is 10.0. The molecule has 6 heteroatoms. The highest BCUT2D eigenvalue weighted by Crippen LogP contribution is 2.27. The minimum Gasteiger partial charge on any atom is -0.379 e. The Morgan fingerprint density at radius 3 is 2.80 bits per heavy atom. The maximum absolute atomic E-state index is 13.7. The summed E-state index contributed by atoms with van der Waals surface area (Å²) in [5.41, 5.74) is 0.976. The highest BCUT2D eigenvalue weighted by atomic mass is 19.1. The fraction of sp³-hybridized carbons (Fsp3) is 0.632. The lowest BCUT2D eigenvalue weighted by molar-refractivity contribution is 0.0179. The number of halogens is 1. The molecule has 1 saturated carbocycles. The normalized spacial score (nSPS) is 20.3. The van der Waals surface area contributed by atoms with Crippen LogP contribution in [0.4, 0.5) is 4.39 Å². The van der Waals surface area contributed by atoms with E-state index in [1.807, 2.05) is 6.07 Å². The van der Waals surface area contributed by atoms with Crippen LogP contribution in [-0.2, 0) is 4.74 Å². The van der Waals surface area contributed by atoms with E-state index in [2.05, 4.69) is 22.5 Å². The van der Waals surface area contributed by atoms with Crippen LogP contribution in [0.15, 0.2) is 29.3 Å². The minimum atomic E-state index is -0.196. The first kappa shape index (κ1) is 18.1. The first-order chi connectivity index (χ1) is 12.3. The van der Waals surface area contributed by atoms with Crippen LogP contribution in [-0.4, -0.2) is 56.8 Å². The number of rotatable bonds is 7. The Morgan fingerprint density at radius 1 is 1.32 bits per heavy atom. The van der Waals surface area contributed by atoms with Crippen LogP contribution in [0.2, 0.25) is 0 Å². The van der Waals surface area contributed by atoms with Crippen molar-refractivity contribution >= 4 is 5.96 Å². The van der Waals surface area contributed by atoms with E-state index in [1.54, 1.807) is 12.1 Å². The molecule has 25 heavy (non-hydrogen) atoms. The summed E-state index contributed by atoms with van der Waals surface area (Å²) in [4.78, 5) is 7.12. The van der Waals surface area contributed by atoms with E-state index in [4.69, 9.17) is 9.73 Å². The molecule has 0 spiro atoms. The van der Waals surface area contributed by atoms with Crippen LogP contribution in [0.1, 0.15) is 31.4 Å². The Kier molecular flexibility index (Phi) is 6.64. The van der Waals surface area contributed by atoms with Crippen molar-refractivity contribution in [1.82, 2.24) is 15.5 Å². The number of ether oxygens (including phenoxy) is 1. The third-order valence-electron chi connectivity index (χ3n) is 4.74. The smallest absolute Gasteiger partial charge is 0.191 e. The van der Waals surface area contributed by atoms with E-state index >= 15 is 0 Å². The molecule has 2 aliphatic rings. The molecule has 1 unspecified atom stereocenters. The van der Waals surface area contributed by atoms with Crippen molar-refractivity contribution in [3.05, 3.63) is 35.6 Å². The topological polar surface area (TPSA) is 48.9 Å². The van der Waals surface area contributed by atoms with Gasteiger partial charge in [-0.05, 0) is 43.4 Å². The summed E-state index contributed by atoms with van der Waals surface area (Å²) in [6, 6.07) is 6.95. The molecule has 1 aliphatic heterocycles. The van der Waals surface area contributed by atoms with Crippen molar-refractivity contribution in [3.8, 4) is 0 Å². The Hall–Kier alpha value is -1.66. The van der Waals surface area contributed by atoms with Crippen molar-refractivity contribution in [1.29, 1.82) is 0 Å². The molecule has 1 heterocycles. The van der Waals surface area contributed by atoms with Gasteiger partial charge in [0.15, 0.2) is 5.96 Å². The Labute approximate surface area is 149 Å². The molecular weight excluding hydrogens is 319 g/mol. The summed E-state index contributed by atoms with van der Waals surface area (Å²) in [7, 11) is 0. The van der Waals surface area contributed by atoms with Crippen molar-refractivity contribution in [3.63, 3.8) is 0 Å². The largest absolute Gasteiger partial charge is 0.379 e. The number of guanidine groups is 1. The molecule has 138 valence electrons. The Morgan fingerprint density at radius 2 is 2.12 bits per heavy atom. The summed E-state index contributed by atoms with van der Waals surface area (Å²) in [5, 5.41) is 6.73. The van der Waals surface area contributed by atoms with Gasteiger partial charge >= 0.3 is 0 Å². The van der Waals surface area contributed by atoms with Gasteiger partial charge in [-0.2, -0.15) is 0 Å². The van der Waals surface area contributed by atoms with E-state index < -0.39 is 0 Å². The fourth-order valence-electron chi connectivity index (χ4n) is 3.12. The second-order valence-electron chi connectivity index (χ2n) is 6.76. The van der Waals surface area contributed by atoms with Gasteiger partial charge in [-0.25, -0.2) is 4.39 Å². The van der Waals surface area contributed by atoms with Crippen LogP contribution < -0.4 is 10.6 Å². The number of nitrogens with zero attached hydrogens (tertiary/aromatic N) is 2. The molecule has 3 rings (SSSR count). The molecule has 0 bridgehead atoms. The molecule has 1 atom stereocenters. The van der Waals surface area contributed by atoms with Crippen molar-refractivity contribution < 1.29 is 9.13 Å². The van der Waals surface area contributed by atoms with Gasteiger partial charge in [0.2, 0.25) is 0 Å². The fourth-order valence-corrected chi connectivity index (χ4v) is 3.12. The van der Waals surface area contributed by atoms with E-state index in [9.17, 15) is 4.39 Å². The summed E-state index contributed by atoms with van der Waals surface area (Å²) in [5.74, 6) is 1.45. The van der Waals surface area contributed by atoms with Gasteiger partial charge in [0.05, 0.1) is 25.8 Å². The SMILES string of the molecule is CCNC(=NCC(c1cccc(F)c1)N1CCOCC1)NCC1CC1. The van der Waals surface area contributed by atoms with E-state index in [1.165, 1.54) is 18.9 Å². The molecule has 0 aromatic heterocycles.